The van der Waals surface area contributed by atoms with E-state index in [4.69, 9.17) is 5.73 Å². The summed E-state index contributed by atoms with van der Waals surface area (Å²) in [6, 6.07) is 12.9. The molecule has 2 rings (SSSR count). The maximum absolute atomic E-state index is 13.7. The quantitative estimate of drug-likeness (QED) is 0.422. The Morgan fingerprint density at radius 1 is 1.17 bits per heavy atom. The van der Waals surface area contributed by atoms with Gasteiger partial charge in [0.25, 0.3) is 0 Å². The molecule has 0 bridgehead atoms. The van der Waals surface area contributed by atoms with Gasteiger partial charge < -0.3 is 16.0 Å². The van der Waals surface area contributed by atoms with Gasteiger partial charge in [0.1, 0.15) is 5.82 Å². The van der Waals surface area contributed by atoms with Crippen LogP contribution in [0.25, 0.3) is 0 Å². The zero-order chi connectivity index (χ0) is 16.8. The molecule has 0 spiro atoms. The van der Waals surface area contributed by atoms with E-state index in [1.54, 1.807) is 6.07 Å². The molecule has 2 aromatic rings. The molecule has 4 nitrogen and oxygen atoms in total. The minimum atomic E-state index is -0.197. The number of rotatable bonds is 5. The Morgan fingerprint density at radius 2 is 1.83 bits per heavy atom. The number of nitrogens with zero attached hydrogens (tertiary/aromatic N) is 2. The molecule has 0 aromatic heterocycles. The summed E-state index contributed by atoms with van der Waals surface area (Å²) in [6.45, 7) is 2.99. The summed E-state index contributed by atoms with van der Waals surface area (Å²) in [5.41, 5.74) is 9.56. The lowest BCUT2D eigenvalue weighted by Gasteiger charge is -2.11. The molecule has 0 atom stereocenters. The third-order valence-corrected chi connectivity index (χ3v) is 3.35. The van der Waals surface area contributed by atoms with Crippen LogP contribution in [-0.4, -0.2) is 25.0 Å². The predicted octanol–water partition coefficient (Wildman–Crippen LogP) is 3.74. The van der Waals surface area contributed by atoms with Crippen LogP contribution in [0.15, 0.2) is 47.5 Å². The summed E-state index contributed by atoms with van der Waals surface area (Å²) in [5, 5.41) is 3.04. The van der Waals surface area contributed by atoms with Gasteiger partial charge in [-0.2, -0.15) is 0 Å². The molecule has 0 aliphatic carbocycles. The number of guanidine groups is 1. The number of anilines is 1. The first kappa shape index (κ1) is 20.4. The van der Waals surface area contributed by atoms with Crippen LogP contribution in [0.2, 0.25) is 0 Å². The molecule has 130 valence electrons. The second-order valence-electron chi connectivity index (χ2n) is 5.86. The van der Waals surface area contributed by atoms with E-state index in [0.29, 0.717) is 24.6 Å². The average molecular weight is 442 g/mol. The number of hydrogen-bond acceptors (Lipinski definition) is 2. The molecule has 6 heteroatoms. The molecule has 0 aliphatic heterocycles. The smallest absolute Gasteiger partial charge is 0.193 e. The fourth-order valence-electron chi connectivity index (χ4n) is 2.19. The number of hydrogen-bond donors (Lipinski definition) is 2. The lowest BCUT2D eigenvalue weighted by Crippen LogP contribution is -2.22. The molecule has 0 fully saturated rings. The molecule has 0 heterocycles. The standard InChI is InChI=1S/C18H23FN4.HI/c1-13-4-7-16(8-5-13)22-18(20)21-11-14-6-9-17(19)15(10-14)12-23(2)3;/h4-10H,11-12H2,1-3H3,(H3,20,21,22);1H. The highest BCUT2D eigenvalue weighted by Crippen LogP contribution is 2.13. The summed E-state index contributed by atoms with van der Waals surface area (Å²) in [4.78, 5) is 6.24. The summed E-state index contributed by atoms with van der Waals surface area (Å²) in [7, 11) is 3.82. The van der Waals surface area contributed by atoms with Crippen molar-refractivity contribution < 1.29 is 4.39 Å². The maximum Gasteiger partial charge on any atom is 0.193 e. The molecule has 0 amide bonds. The number of halogens is 2. The van der Waals surface area contributed by atoms with Gasteiger partial charge in [0.2, 0.25) is 0 Å². The van der Waals surface area contributed by atoms with Gasteiger partial charge in [0.05, 0.1) is 6.54 Å². The van der Waals surface area contributed by atoms with E-state index in [9.17, 15) is 4.39 Å². The second kappa shape index (κ2) is 9.58. The minimum Gasteiger partial charge on any atom is -0.370 e. The highest BCUT2D eigenvalue weighted by atomic mass is 127. The Balaban J connectivity index is 0.00000288. The van der Waals surface area contributed by atoms with Crippen molar-refractivity contribution in [3.63, 3.8) is 0 Å². The minimum absolute atomic E-state index is 0. The Bertz CT molecular complexity index is 684. The Labute approximate surface area is 160 Å². The first-order valence-electron chi connectivity index (χ1n) is 7.49. The van der Waals surface area contributed by atoms with Crippen LogP contribution >= 0.6 is 24.0 Å². The average Bonchev–Trinajstić information content (AvgIpc) is 2.50. The number of aryl methyl sites for hydroxylation is 1. The van der Waals surface area contributed by atoms with Crippen molar-refractivity contribution in [3.8, 4) is 0 Å². The lowest BCUT2D eigenvalue weighted by molar-refractivity contribution is 0.392. The molecular weight excluding hydrogens is 418 g/mol. The van der Waals surface area contributed by atoms with E-state index in [1.807, 2.05) is 56.3 Å². The molecule has 0 radical (unpaired) electrons. The van der Waals surface area contributed by atoms with E-state index >= 15 is 0 Å². The van der Waals surface area contributed by atoms with Gasteiger partial charge in [-0.3, -0.25) is 0 Å². The summed E-state index contributed by atoms with van der Waals surface area (Å²) in [6.07, 6.45) is 0. The van der Waals surface area contributed by atoms with E-state index < -0.39 is 0 Å². The molecule has 0 aliphatic rings. The first-order chi connectivity index (χ1) is 10.9. The maximum atomic E-state index is 13.7. The SMILES string of the molecule is Cc1ccc(NC(N)=NCc2ccc(F)c(CN(C)C)c2)cc1.I. The number of aliphatic imine (C=N–C) groups is 1. The summed E-state index contributed by atoms with van der Waals surface area (Å²) >= 11 is 0. The van der Waals surface area contributed by atoms with Crippen molar-refractivity contribution >= 4 is 35.6 Å². The second-order valence-corrected chi connectivity index (χ2v) is 5.86. The number of nitrogens with one attached hydrogen (secondary N) is 1. The molecular formula is C18H24FIN4. The van der Waals surface area contributed by atoms with Crippen molar-refractivity contribution in [1.29, 1.82) is 0 Å². The fraction of sp³-hybridized carbons (Fsp3) is 0.278. The van der Waals surface area contributed by atoms with Gasteiger partial charge in [-0.25, -0.2) is 9.38 Å². The molecule has 24 heavy (non-hydrogen) atoms. The first-order valence-corrected chi connectivity index (χ1v) is 7.49. The third-order valence-electron chi connectivity index (χ3n) is 3.35. The third kappa shape index (κ3) is 6.45. The van der Waals surface area contributed by atoms with Crippen molar-refractivity contribution in [2.24, 2.45) is 10.7 Å². The summed E-state index contributed by atoms with van der Waals surface area (Å²) < 4.78 is 13.7. The van der Waals surface area contributed by atoms with Crippen LogP contribution in [0, 0.1) is 12.7 Å². The van der Waals surface area contributed by atoms with Crippen LogP contribution in [0.3, 0.4) is 0 Å². The van der Waals surface area contributed by atoms with Crippen molar-refractivity contribution in [3.05, 3.63) is 65.0 Å². The van der Waals surface area contributed by atoms with Gasteiger partial charge in [0, 0.05) is 17.8 Å². The molecule has 0 unspecified atom stereocenters. The Kier molecular flexibility index (Phi) is 8.14. The Hall–Kier alpha value is -1.67. The van der Waals surface area contributed by atoms with E-state index in [-0.39, 0.29) is 29.8 Å². The zero-order valence-electron chi connectivity index (χ0n) is 14.2. The topological polar surface area (TPSA) is 53.6 Å². The van der Waals surface area contributed by atoms with Crippen LogP contribution in [0.1, 0.15) is 16.7 Å². The molecule has 3 N–H and O–H groups in total. The molecule has 0 saturated heterocycles. The van der Waals surface area contributed by atoms with Crippen LogP contribution in [0.4, 0.5) is 10.1 Å². The largest absolute Gasteiger partial charge is 0.370 e. The fourth-order valence-corrected chi connectivity index (χ4v) is 2.19. The van der Waals surface area contributed by atoms with Crippen molar-refractivity contribution in [2.75, 3.05) is 19.4 Å². The Morgan fingerprint density at radius 3 is 2.46 bits per heavy atom. The zero-order valence-corrected chi connectivity index (χ0v) is 16.5. The van der Waals surface area contributed by atoms with E-state index in [0.717, 1.165) is 11.3 Å². The van der Waals surface area contributed by atoms with E-state index in [1.165, 1.54) is 11.6 Å². The van der Waals surface area contributed by atoms with Crippen LogP contribution < -0.4 is 11.1 Å². The predicted molar refractivity (Wildman–Crippen MR) is 109 cm³/mol. The van der Waals surface area contributed by atoms with Crippen molar-refractivity contribution in [2.45, 2.75) is 20.0 Å². The molecule has 0 saturated carbocycles. The monoisotopic (exact) mass is 442 g/mol. The molecule has 2 aromatic carbocycles. The number of nitrogens with two attached hydrogens (primary N) is 1. The van der Waals surface area contributed by atoms with Crippen molar-refractivity contribution in [1.82, 2.24) is 4.90 Å². The number of benzene rings is 2. The van der Waals surface area contributed by atoms with Gasteiger partial charge in [0.15, 0.2) is 5.96 Å². The summed E-state index contributed by atoms with van der Waals surface area (Å²) in [5.74, 6) is 0.143. The highest BCUT2D eigenvalue weighted by molar-refractivity contribution is 14.0. The van der Waals surface area contributed by atoms with Crippen LogP contribution in [0.5, 0.6) is 0 Å². The van der Waals surface area contributed by atoms with Gasteiger partial charge >= 0.3 is 0 Å². The van der Waals surface area contributed by atoms with Gasteiger partial charge in [-0.15, -0.1) is 24.0 Å². The van der Waals surface area contributed by atoms with E-state index in [2.05, 4.69) is 10.3 Å². The van der Waals surface area contributed by atoms with Gasteiger partial charge in [-0.05, 0) is 50.8 Å². The lowest BCUT2D eigenvalue weighted by atomic mass is 10.1. The highest BCUT2D eigenvalue weighted by Gasteiger charge is 2.05. The normalized spacial score (nSPS) is 11.3. The van der Waals surface area contributed by atoms with Gasteiger partial charge in [-0.1, -0.05) is 23.8 Å². The van der Waals surface area contributed by atoms with Crippen LogP contribution in [-0.2, 0) is 13.1 Å².